The molecule has 0 unspecified atom stereocenters. The van der Waals surface area contributed by atoms with Gasteiger partial charge in [0.05, 0.1) is 20.3 Å². The molecule has 1 aliphatic rings. The maximum Gasteiger partial charge on any atom is 0.409 e. The molecule has 0 aliphatic carbocycles. The van der Waals surface area contributed by atoms with E-state index in [1.165, 1.54) is 7.11 Å². The van der Waals surface area contributed by atoms with Crippen molar-refractivity contribution in [2.45, 2.75) is 0 Å². The summed E-state index contributed by atoms with van der Waals surface area (Å²) in [5.41, 5.74) is 0. The Morgan fingerprint density at radius 3 is 2.26 bits per heavy atom. The molecule has 0 aromatic rings. The molecule has 0 aromatic heterocycles. The molecule has 1 aliphatic heterocycles. The van der Waals surface area contributed by atoms with Gasteiger partial charge in [-0.2, -0.15) is 0 Å². The van der Waals surface area contributed by atoms with Gasteiger partial charge in [0.15, 0.2) is 0 Å². The largest absolute Gasteiger partial charge is 0.453 e. The molecular weight excluding hydrogens is 254 g/mol. The van der Waals surface area contributed by atoms with Gasteiger partial charge in [-0.05, 0) is 0 Å². The first-order chi connectivity index (χ1) is 9.19. The summed E-state index contributed by atoms with van der Waals surface area (Å²) in [5, 5.41) is 2.64. The van der Waals surface area contributed by atoms with Gasteiger partial charge in [0.2, 0.25) is 0 Å². The number of piperazine rings is 1. The predicted molar refractivity (Wildman–Crippen MR) is 66.8 cm³/mol. The molecule has 3 amide bonds. The molecule has 110 valence electrons. The summed E-state index contributed by atoms with van der Waals surface area (Å²) < 4.78 is 14.6. The molecule has 8 heteroatoms. The molecule has 0 spiro atoms. The number of amides is 3. The van der Waals surface area contributed by atoms with Crippen molar-refractivity contribution in [2.75, 3.05) is 60.3 Å². The second-order valence-electron chi connectivity index (χ2n) is 3.97. The van der Waals surface area contributed by atoms with E-state index in [-0.39, 0.29) is 18.9 Å². The zero-order valence-corrected chi connectivity index (χ0v) is 11.4. The number of rotatable bonds is 5. The van der Waals surface area contributed by atoms with E-state index in [4.69, 9.17) is 9.47 Å². The predicted octanol–water partition coefficient (Wildman–Crippen LogP) is -0.299. The molecule has 0 atom stereocenters. The Morgan fingerprint density at radius 1 is 1.05 bits per heavy atom. The minimum atomic E-state index is -0.358. The molecule has 1 N–H and O–H groups in total. The maximum atomic E-state index is 11.7. The van der Waals surface area contributed by atoms with Crippen molar-refractivity contribution in [3.05, 3.63) is 0 Å². The van der Waals surface area contributed by atoms with Crippen molar-refractivity contribution in [1.82, 2.24) is 15.1 Å². The second kappa shape index (κ2) is 8.54. The second-order valence-corrected chi connectivity index (χ2v) is 3.97. The Bertz CT molecular complexity index is 292. The van der Waals surface area contributed by atoms with E-state index < -0.39 is 0 Å². The van der Waals surface area contributed by atoms with Crippen molar-refractivity contribution < 1.29 is 23.8 Å². The van der Waals surface area contributed by atoms with Crippen LogP contribution in [-0.2, 0) is 14.2 Å². The molecule has 0 bridgehead atoms. The van der Waals surface area contributed by atoms with E-state index in [0.29, 0.717) is 39.4 Å². The molecule has 8 nitrogen and oxygen atoms in total. The number of ether oxygens (including phenoxy) is 3. The van der Waals surface area contributed by atoms with Crippen molar-refractivity contribution in [3.8, 4) is 0 Å². The number of methoxy groups -OCH3 is 2. The summed E-state index contributed by atoms with van der Waals surface area (Å²) in [6.45, 7) is 3.01. The van der Waals surface area contributed by atoms with Gasteiger partial charge in [-0.15, -0.1) is 0 Å². The highest BCUT2D eigenvalue weighted by molar-refractivity contribution is 5.74. The van der Waals surface area contributed by atoms with Crippen molar-refractivity contribution >= 4 is 12.1 Å². The molecule has 0 radical (unpaired) electrons. The lowest BCUT2D eigenvalue weighted by atomic mass is 10.3. The summed E-state index contributed by atoms with van der Waals surface area (Å²) in [6.07, 6.45) is -0.358. The van der Waals surface area contributed by atoms with Crippen molar-refractivity contribution in [1.29, 1.82) is 0 Å². The van der Waals surface area contributed by atoms with Gasteiger partial charge in [0, 0.05) is 33.3 Å². The zero-order chi connectivity index (χ0) is 14.1. The molecular formula is C11H21N3O5. The van der Waals surface area contributed by atoms with E-state index in [2.05, 4.69) is 10.1 Å². The van der Waals surface area contributed by atoms with Crippen LogP contribution in [-0.4, -0.2) is 82.3 Å². The monoisotopic (exact) mass is 275 g/mol. The van der Waals surface area contributed by atoms with Crippen LogP contribution in [0.15, 0.2) is 0 Å². The highest BCUT2D eigenvalue weighted by Crippen LogP contribution is 2.03. The number of hydrogen-bond acceptors (Lipinski definition) is 5. The van der Waals surface area contributed by atoms with E-state index in [1.807, 2.05) is 0 Å². The van der Waals surface area contributed by atoms with Gasteiger partial charge in [0.1, 0.15) is 6.73 Å². The minimum Gasteiger partial charge on any atom is -0.453 e. The van der Waals surface area contributed by atoms with Gasteiger partial charge in [-0.1, -0.05) is 0 Å². The van der Waals surface area contributed by atoms with Crippen LogP contribution in [0.4, 0.5) is 9.59 Å². The van der Waals surface area contributed by atoms with E-state index in [0.717, 1.165) is 0 Å². The number of nitrogens with one attached hydrogen (secondary N) is 1. The fourth-order valence-corrected chi connectivity index (χ4v) is 1.66. The third kappa shape index (κ3) is 5.31. The summed E-state index contributed by atoms with van der Waals surface area (Å²) in [4.78, 5) is 26.2. The average molecular weight is 275 g/mol. The lowest BCUT2D eigenvalue weighted by molar-refractivity contribution is 0.0588. The summed E-state index contributed by atoms with van der Waals surface area (Å²) >= 11 is 0. The molecule has 1 heterocycles. The van der Waals surface area contributed by atoms with Crippen molar-refractivity contribution in [2.24, 2.45) is 0 Å². The van der Waals surface area contributed by atoms with Crippen molar-refractivity contribution in [3.63, 3.8) is 0 Å². The summed E-state index contributed by atoms with van der Waals surface area (Å²) in [7, 11) is 2.93. The lowest BCUT2D eigenvalue weighted by Crippen LogP contribution is -2.53. The summed E-state index contributed by atoms with van der Waals surface area (Å²) in [5.74, 6) is 0. The number of carbonyl (C=O) groups excluding carboxylic acids is 2. The zero-order valence-electron chi connectivity index (χ0n) is 11.4. The van der Waals surface area contributed by atoms with E-state index in [1.54, 1.807) is 16.9 Å². The molecule has 0 aromatic carbocycles. The fraction of sp³-hybridized carbons (Fsp3) is 0.818. The number of hydrogen-bond donors (Lipinski definition) is 1. The first-order valence-corrected chi connectivity index (χ1v) is 6.11. The van der Waals surface area contributed by atoms with E-state index >= 15 is 0 Å². The SMILES string of the molecule is COCCOCNC(=O)N1CCN(C(=O)OC)CC1. The van der Waals surface area contributed by atoms with Crippen LogP contribution in [0.25, 0.3) is 0 Å². The Balaban J connectivity index is 2.16. The molecule has 0 saturated carbocycles. The van der Waals surface area contributed by atoms with Gasteiger partial charge in [-0.25, -0.2) is 9.59 Å². The van der Waals surface area contributed by atoms with Crippen LogP contribution in [0.1, 0.15) is 0 Å². The van der Waals surface area contributed by atoms with Gasteiger partial charge in [0.25, 0.3) is 0 Å². The first kappa shape index (κ1) is 15.5. The molecule has 1 saturated heterocycles. The molecule has 19 heavy (non-hydrogen) atoms. The fourth-order valence-electron chi connectivity index (χ4n) is 1.66. The topological polar surface area (TPSA) is 80.3 Å². The number of nitrogens with zero attached hydrogens (tertiary/aromatic N) is 2. The highest BCUT2D eigenvalue weighted by atomic mass is 16.5. The van der Waals surface area contributed by atoms with Crippen LogP contribution in [0.5, 0.6) is 0 Å². The van der Waals surface area contributed by atoms with Gasteiger partial charge < -0.3 is 29.3 Å². The molecule has 1 fully saturated rings. The van der Waals surface area contributed by atoms with Gasteiger partial charge >= 0.3 is 12.1 Å². The normalized spacial score (nSPS) is 15.3. The Morgan fingerprint density at radius 2 is 1.68 bits per heavy atom. The number of urea groups is 1. The standard InChI is InChI=1S/C11H21N3O5/c1-17-7-8-19-9-12-10(15)13-3-5-14(6-4-13)11(16)18-2/h3-9H2,1-2H3,(H,12,15). The quantitative estimate of drug-likeness (QED) is 0.550. The van der Waals surface area contributed by atoms with Crippen LogP contribution in [0.2, 0.25) is 0 Å². The summed E-state index contributed by atoms with van der Waals surface area (Å²) in [6, 6.07) is -0.193. The Kier molecular flexibility index (Phi) is 6.98. The Hall–Kier alpha value is -1.54. The number of carbonyl (C=O) groups is 2. The third-order valence-corrected chi connectivity index (χ3v) is 2.76. The van der Waals surface area contributed by atoms with Gasteiger partial charge in [-0.3, -0.25) is 0 Å². The molecule has 1 rings (SSSR count). The smallest absolute Gasteiger partial charge is 0.409 e. The van der Waals surface area contributed by atoms with Crippen LogP contribution in [0, 0.1) is 0 Å². The highest BCUT2D eigenvalue weighted by Gasteiger charge is 2.24. The van der Waals surface area contributed by atoms with Crippen LogP contribution in [0.3, 0.4) is 0 Å². The Labute approximate surface area is 112 Å². The van der Waals surface area contributed by atoms with Crippen LogP contribution >= 0.6 is 0 Å². The average Bonchev–Trinajstić information content (AvgIpc) is 2.46. The van der Waals surface area contributed by atoms with E-state index in [9.17, 15) is 9.59 Å². The lowest BCUT2D eigenvalue weighted by Gasteiger charge is -2.33. The van der Waals surface area contributed by atoms with Crippen LogP contribution < -0.4 is 5.32 Å². The maximum absolute atomic E-state index is 11.7. The first-order valence-electron chi connectivity index (χ1n) is 6.11. The third-order valence-electron chi connectivity index (χ3n) is 2.76. The minimum absolute atomic E-state index is 0.152.